The molecule has 1 fully saturated rings. The Balaban J connectivity index is 2.72. The summed E-state index contributed by atoms with van der Waals surface area (Å²) < 4.78 is 5.18. The summed E-state index contributed by atoms with van der Waals surface area (Å²) in [5.74, 6) is -0.0423. The van der Waals surface area contributed by atoms with E-state index in [9.17, 15) is 4.79 Å². The van der Waals surface area contributed by atoms with Gasteiger partial charge in [-0.05, 0) is 46.6 Å². The Kier molecular flexibility index (Phi) is 4.78. The summed E-state index contributed by atoms with van der Waals surface area (Å²) in [4.78, 5) is 14.3. The Hall–Kier alpha value is -0.570. The molecule has 3 nitrogen and oxygen atoms in total. The molecule has 0 aromatic carbocycles. The molecule has 94 valence electrons. The van der Waals surface area contributed by atoms with E-state index in [0.29, 0.717) is 6.61 Å². The van der Waals surface area contributed by atoms with Gasteiger partial charge in [-0.1, -0.05) is 13.3 Å². The number of nitrogens with zero attached hydrogens (tertiary/aromatic N) is 1. The zero-order valence-corrected chi connectivity index (χ0v) is 11.1. The van der Waals surface area contributed by atoms with Crippen LogP contribution in [0.1, 0.15) is 53.4 Å². The van der Waals surface area contributed by atoms with Gasteiger partial charge in [-0.2, -0.15) is 0 Å². The van der Waals surface area contributed by atoms with E-state index in [4.69, 9.17) is 4.74 Å². The van der Waals surface area contributed by atoms with Crippen LogP contribution in [-0.2, 0) is 9.53 Å². The molecule has 1 aliphatic rings. The third-order valence-corrected chi connectivity index (χ3v) is 3.46. The van der Waals surface area contributed by atoms with Crippen molar-refractivity contribution in [1.29, 1.82) is 0 Å². The Morgan fingerprint density at radius 3 is 2.56 bits per heavy atom. The molecule has 0 N–H and O–H groups in total. The van der Waals surface area contributed by atoms with Gasteiger partial charge in [-0.15, -0.1) is 0 Å². The number of carbonyl (C=O) groups is 1. The number of esters is 1. The fraction of sp³-hybridized carbons (Fsp3) is 0.923. The highest BCUT2D eigenvalue weighted by Gasteiger charge is 2.39. The molecule has 1 atom stereocenters. The molecule has 3 heteroatoms. The molecule has 0 bridgehead atoms. The molecule has 1 aliphatic heterocycles. The van der Waals surface area contributed by atoms with E-state index < -0.39 is 0 Å². The van der Waals surface area contributed by atoms with Gasteiger partial charge in [0.05, 0.1) is 6.61 Å². The molecule has 1 rings (SSSR count). The number of rotatable bonds is 5. The zero-order valence-electron chi connectivity index (χ0n) is 11.1. The summed E-state index contributed by atoms with van der Waals surface area (Å²) in [7, 11) is 0. The second-order valence-corrected chi connectivity index (χ2v) is 5.17. The summed E-state index contributed by atoms with van der Waals surface area (Å²) >= 11 is 0. The Bertz CT molecular complexity index is 238. The van der Waals surface area contributed by atoms with Crippen LogP contribution >= 0.6 is 0 Å². The lowest BCUT2D eigenvalue weighted by atomic mass is 9.99. The summed E-state index contributed by atoms with van der Waals surface area (Å²) in [6.07, 6.45) is 4.29. The van der Waals surface area contributed by atoms with Gasteiger partial charge >= 0.3 is 5.97 Å². The SMILES string of the molecule is CCCC(C(=O)OCC)N1CCCC1(C)C. The predicted molar refractivity (Wildman–Crippen MR) is 65.3 cm³/mol. The topological polar surface area (TPSA) is 29.5 Å². The van der Waals surface area contributed by atoms with Crippen LogP contribution in [0, 0.1) is 0 Å². The molecular weight excluding hydrogens is 202 g/mol. The molecule has 0 aliphatic carbocycles. The van der Waals surface area contributed by atoms with Crippen molar-refractivity contribution in [2.24, 2.45) is 0 Å². The first kappa shape index (κ1) is 13.5. The first-order valence-corrected chi connectivity index (χ1v) is 6.46. The number of carbonyl (C=O) groups excluding carboxylic acids is 1. The Morgan fingerprint density at radius 1 is 1.44 bits per heavy atom. The van der Waals surface area contributed by atoms with Crippen molar-refractivity contribution in [2.75, 3.05) is 13.2 Å². The molecule has 1 unspecified atom stereocenters. The highest BCUT2D eigenvalue weighted by atomic mass is 16.5. The summed E-state index contributed by atoms with van der Waals surface area (Å²) in [5, 5.41) is 0. The molecule has 0 saturated carbocycles. The first-order chi connectivity index (χ1) is 7.53. The number of hydrogen-bond donors (Lipinski definition) is 0. The summed E-state index contributed by atoms with van der Waals surface area (Å²) in [6, 6.07) is -0.0394. The fourth-order valence-electron chi connectivity index (χ4n) is 2.62. The molecule has 0 radical (unpaired) electrons. The van der Waals surface area contributed by atoms with Crippen molar-refractivity contribution < 1.29 is 9.53 Å². The van der Waals surface area contributed by atoms with E-state index in [2.05, 4.69) is 25.7 Å². The van der Waals surface area contributed by atoms with E-state index in [1.54, 1.807) is 0 Å². The van der Waals surface area contributed by atoms with Crippen molar-refractivity contribution in [2.45, 2.75) is 65.0 Å². The largest absolute Gasteiger partial charge is 0.465 e. The van der Waals surface area contributed by atoms with E-state index in [1.165, 1.54) is 12.8 Å². The van der Waals surface area contributed by atoms with Gasteiger partial charge in [-0.3, -0.25) is 9.69 Å². The molecule has 16 heavy (non-hydrogen) atoms. The quantitative estimate of drug-likeness (QED) is 0.676. The van der Waals surface area contributed by atoms with Crippen LogP contribution in [0.15, 0.2) is 0 Å². The maximum atomic E-state index is 11.9. The van der Waals surface area contributed by atoms with Crippen LogP contribution in [0.4, 0.5) is 0 Å². The Labute approximate surface area is 99.1 Å². The maximum absolute atomic E-state index is 11.9. The van der Waals surface area contributed by atoms with Crippen molar-refractivity contribution in [3.8, 4) is 0 Å². The minimum Gasteiger partial charge on any atom is -0.465 e. The van der Waals surface area contributed by atoms with E-state index >= 15 is 0 Å². The fourth-order valence-corrected chi connectivity index (χ4v) is 2.62. The molecule has 0 spiro atoms. The van der Waals surface area contributed by atoms with E-state index in [0.717, 1.165) is 19.4 Å². The van der Waals surface area contributed by atoms with Gasteiger partial charge in [0.2, 0.25) is 0 Å². The highest BCUT2D eigenvalue weighted by Crippen LogP contribution is 2.31. The smallest absolute Gasteiger partial charge is 0.323 e. The van der Waals surface area contributed by atoms with Crippen LogP contribution in [-0.4, -0.2) is 35.6 Å². The summed E-state index contributed by atoms with van der Waals surface area (Å²) in [6.45, 7) is 9.94. The second-order valence-electron chi connectivity index (χ2n) is 5.17. The van der Waals surface area contributed by atoms with Gasteiger partial charge in [-0.25, -0.2) is 0 Å². The van der Waals surface area contributed by atoms with Crippen LogP contribution in [0.2, 0.25) is 0 Å². The van der Waals surface area contributed by atoms with Crippen LogP contribution in [0.3, 0.4) is 0 Å². The molecule has 0 aromatic rings. The zero-order chi connectivity index (χ0) is 12.2. The molecule has 1 heterocycles. The third-order valence-electron chi connectivity index (χ3n) is 3.46. The second kappa shape index (κ2) is 5.67. The van der Waals surface area contributed by atoms with Gasteiger partial charge < -0.3 is 4.74 Å². The monoisotopic (exact) mass is 227 g/mol. The van der Waals surface area contributed by atoms with Crippen LogP contribution in [0.25, 0.3) is 0 Å². The minimum absolute atomic E-state index is 0.0394. The van der Waals surface area contributed by atoms with Crippen molar-refractivity contribution in [3.05, 3.63) is 0 Å². The third kappa shape index (κ3) is 2.97. The molecule has 0 aromatic heterocycles. The summed E-state index contributed by atoms with van der Waals surface area (Å²) in [5.41, 5.74) is 0.145. The standard InChI is InChI=1S/C13H25NO2/c1-5-8-11(12(15)16-6-2)14-10-7-9-13(14,3)4/h11H,5-10H2,1-4H3. The lowest BCUT2D eigenvalue weighted by Gasteiger charge is -2.37. The van der Waals surface area contributed by atoms with Crippen molar-refractivity contribution in [1.82, 2.24) is 4.90 Å². The van der Waals surface area contributed by atoms with Gasteiger partial charge in [0.25, 0.3) is 0 Å². The normalized spacial score (nSPS) is 22.0. The number of likely N-dealkylation sites (tertiary alicyclic amines) is 1. The minimum atomic E-state index is -0.0423. The van der Waals surface area contributed by atoms with Gasteiger partial charge in [0, 0.05) is 5.54 Å². The van der Waals surface area contributed by atoms with Crippen LogP contribution < -0.4 is 0 Å². The highest BCUT2D eigenvalue weighted by molar-refractivity contribution is 5.76. The first-order valence-electron chi connectivity index (χ1n) is 6.46. The molecular formula is C13H25NO2. The Morgan fingerprint density at radius 2 is 2.12 bits per heavy atom. The molecule has 1 saturated heterocycles. The number of ether oxygens (including phenoxy) is 1. The lowest BCUT2D eigenvalue weighted by Crippen LogP contribution is -2.49. The average Bonchev–Trinajstić information content (AvgIpc) is 2.55. The average molecular weight is 227 g/mol. The predicted octanol–water partition coefficient (Wildman–Crippen LogP) is 2.59. The van der Waals surface area contributed by atoms with Crippen molar-refractivity contribution >= 4 is 5.97 Å². The maximum Gasteiger partial charge on any atom is 0.323 e. The van der Waals surface area contributed by atoms with E-state index in [-0.39, 0.29) is 17.6 Å². The van der Waals surface area contributed by atoms with Crippen LogP contribution in [0.5, 0.6) is 0 Å². The van der Waals surface area contributed by atoms with E-state index in [1.807, 2.05) is 6.92 Å². The van der Waals surface area contributed by atoms with Crippen molar-refractivity contribution in [3.63, 3.8) is 0 Å². The number of hydrogen-bond acceptors (Lipinski definition) is 3. The lowest BCUT2D eigenvalue weighted by molar-refractivity contribution is -0.151. The molecule has 0 amide bonds. The van der Waals surface area contributed by atoms with Gasteiger partial charge in [0.1, 0.15) is 6.04 Å². The van der Waals surface area contributed by atoms with Gasteiger partial charge in [0.15, 0.2) is 0 Å².